The standard InChI is InChI=1S/C25H23F3N2O2/c1-30(14-12-18-7-5-6-13-29-18)16-17-10-11-22(31-2)24-20(17)15-23(32-24)19-8-3-4-9-21(19)25(26,27)28/h3-11,13,15H,12,14,16H2,1-2H3. The fourth-order valence-corrected chi connectivity index (χ4v) is 3.75. The van der Waals surface area contributed by atoms with Crippen molar-refractivity contribution < 1.29 is 22.3 Å². The van der Waals surface area contributed by atoms with Crippen molar-refractivity contribution in [2.45, 2.75) is 19.1 Å². The van der Waals surface area contributed by atoms with Gasteiger partial charge >= 0.3 is 6.18 Å². The molecule has 0 radical (unpaired) electrons. The molecule has 0 saturated carbocycles. The summed E-state index contributed by atoms with van der Waals surface area (Å²) >= 11 is 0. The number of likely N-dealkylation sites (N-methyl/N-ethyl adjacent to an activating group) is 1. The lowest BCUT2D eigenvalue weighted by atomic mass is 10.0. The number of nitrogens with zero attached hydrogens (tertiary/aromatic N) is 2. The van der Waals surface area contributed by atoms with Gasteiger partial charge in [-0.1, -0.05) is 30.3 Å². The monoisotopic (exact) mass is 440 g/mol. The van der Waals surface area contributed by atoms with Crippen LogP contribution in [-0.2, 0) is 19.1 Å². The van der Waals surface area contributed by atoms with E-state index in [1.54, 1.807) is 24.4 Å². The van der Waals surface area contributed by atoms with E-state index in [1.165, 1.54) is 19.2 Å². The Morgan fingerprint density at radius 3 is 2.53 bits per heavy atom. The van der Waals surface area contributed by atoms with E-state index in [1.807, 2.05) is 31.3 Å². The Morgan fingerprint density at radius 2 is 1.81 bits per heavy atom. The first-order chi connectivity index (χ1) is 15.4. The highest BCUT2D eigenvalue weighted by Crippen LogP contribution is 2.41. The van der Waals surface area contributed by atoms with Gasteiger partial charge in [0.15, 0.2) is 11.3 Å². The fourth-order valence-electron chi connectivity index (χ4n) is 3.75. The fraction of sp³-hybridized carbons (Fsp3) is 0.240. The summed E-state index contributed by atoms with van der Waals surface area (Å²) in [6, 6.07) is 16.6. The summed E-state index contributed by atoms with van der Waals surface area (Å²) < 4.78 is 51.9. The van der Waals surface area contributed by atoms with Crippen molar-refractivity contribution >= 4 is 11.0 Å². The van der Waals surface area contributed by atoms with E-state index in [9.17, 15) is 13.2 Å². The molecule has 0 N–H and O–H groups in total. The highest BCUT2D eigenvalue weighted by Gasteiger charge is 2.34. The smallest absolute Gasteiger partial charge is 0.417 e. The number of pyridine rings is 1. The third kappa shape index (κ3) is 4.62. The molecule has 0 amide bonds. The van der Waals surface area contributed by atoms with Gasteiger partial charge in [0.05, 0.1) is 12.7 Å². The molecule has 2 aromatic heterocycles. The number of hydrogen-bond donors (Lipinski definition) is 0. The SMILES string of the molecule is COc1ccc(CN(C)CCc2ccccn2)c2cc(-c3ccccc3C(F)(F)F)oc12. The van der Waals surface area contributed by atoms with Crippen LogP contribution in [0.15, 0.2) is 71.3 Å². The van der Waals surface area contributed by atoms with Crippen LogP contribution in [-0.4, -0.2) is 30.6 Å². The lowest BCUT2D eigenvalue weighted by molar-refractivity contribution is -0.137. The Morgan fingerprint density at radius 1 is 1.03 bits per heavy atom. The Kier molecular flexibility index (Phi) is 6.19. The zero-order chi connectivity index (χ0) is 22.7. The number of rotatable bonds is 7. The van der Waals surface area contributed by atoms with Crippen LogP contribution in [0.1, 0.15) is 16.8 Å². The highest BCUT2D eigenvalue weighted by molar-refractivity contribution is 5.90. The minimum absolute atomic E-state index is 0.00714. The van der Waals surface area contributed by atoms with E-state index in [0.717, 1.165) is 35.7 Å². The quantitative estimate of drug-likeness (QED) is 0.343. The van der Waals surface area contributed by atoms with E-state index in [4.69, 9.17) is 9.15 Å². The van der Waals surface area contributed by atoms with Crippen molar-refractivity contribution in [3.63, 3.8) is 0 Å². The summed E-state index contributed by atoms with van der Waals surface area (Å²) in [6.07, 6.45) is -1.91. The molecule has 0 aliphatic carbocycles. The number of fused-ring (bicyclic) bond motifs is 1. The van der Waals surface area contributed by atoms with E-state index in [-0.39, 0.29) is 11.3 Å². The Hall–Kier alpha value is -3.32. The lowest BCUT2D eigenvalue weighted by Crippen LogP contribution is -2.21. The van der Waals surface area contributed by atoms with Gasteiger partial charge in [-0.05, 0) is 42.9 Å². The minimum atomic E-state index is -4.48. The van der Waals surface area contributed by atoms with E-state index >= 15 is 0 Å². The van der Waals surface area contributed by atoms with Gasteiger partial charge in [0.2, 0.25) is 0 Å². The average Bonchev–Trinajstić information content (AvgIpc) is 3.24. The minimum Gasteiger partial charge on any atom is -0.493 e. The van der Waals surface area contributed by atoms with E-state index < -0.39 is 11.7 Å². The molecule has 0 spiro atoms. The van der Waals surface area contributed by atoms with Gasteiger partial charge in [0, 0.05) is 42.4 Å². The molecule has 4 nitrogen and oxygen atoms in total. The molecule has 0 saturated heterocycles. The first-order valence-corrected chi connectivity index (χ1v) is 10.2. The molecule has 166 valence electrons. The van der Waals surface area contributed by atoms with Crippen LogP contribution in [0.25, 0.3) is 22.3 Å². The number of aromatic nitrogens is 1. The summed E-state index contributed by atoms with van der Waals surface area (Å²) in [7, 11) is 3.51. The molecule has 32 heavy (non-hydrogen) atoms. The maximum absolute atomic E-state index is 13.5. The Balaban J connectivity index is 1.66. The molecule has 0 aliphatic rings. The largest absolute Gasteiger partial charge is 0.493 e. The Labute approximate surface area is 184 Å². The van der Waals surface area contributed by atoms with Crippen molar-refractivity contribution in [3.8, 4) is 17.1 Å². The summed E-state index contributed by atoms with van der Waals surface area (Å²) in [5, 5.41) is 0.737. The van der Waals surface area contributed by atoms with Crippen LogP contribution in [0.2, 0.25) is 0 Å². The third-order valence-corrected chi connectivity index (χ3v) is 5.37. The maximum Gasteiger partial charge on any atom is 0.417 e. The zero-order valence-corrected chi connectivity index (χ0v) is 17.8. The second-order valence-corrected chi connectivity index (χ2v) is 7.63. The first-order valence-electron chi connectivity index (χ1n) is 10.2. The van der Waals surface area contributed by atoms with Crippen molar-refractivity contribution in [1.29, 1.82) is 0 Å². The van der Waals surface area contributed by atoms with Crippen molar-refractivity contribution in [1.82, 2.24) is 9.88 Å². The van der Waals surface area contributed by atoms with Gasteiger partial charge in [-0.15, -0.1) is 0 Å². The molecule has 2 heterocycles. The maximum atomic E-state index is 13.5. The number of hydrogen-bond acceptors (Lipinski definition) is 4. The third-order valence-electron chi connectivity index (χ3n) is 5.37. The van der Waals surface area contributed by atoms with Crippen LogP contribution < -0.4 is 4.74 Å². The highest BCUT2D eigenvalue weighted by atomic mass is 19.4. The summed E-state index contributed by atoms with van der Waals surface area (Å²) in [5.74, 6) is 0.644. The van der Waals surface area contributed by atoms with Crippen LogP contribution in [0.5, 0.6) is 5.75 Å². The molecule has 0 unspecified atom stereocenters. The number of alkyl halides is 3. The normalized spacial score (nSPS) is 11.9. The molecule has 4 rings (SSSR count). The van der Waals surface area contributed by atoms with Crippen LogP contribution >= 0.6 is 0 Å². The topological polar surface area (TPSA) is 38.5 Å². The first kappa shape index (κ1) is 21.9. The van der Waals surface area contributed by atoms with Crippen LogP contribution in [0.4, 0.5) is 13.2 Å². The number of furan rings is 1. The lowest BCUT2D eigenvalue weighted by Gasteiger charge is -2.17. The van der Waals surface area contributed by atoms with Crippen molar-refractivity contribution in [2.24, 2.45) is 0 Å². The number of ether oxygens (including phenoxy) is 1. The van der Waals surface area contributed by atoms with Crippen molar-refractivity contribution in [3.05, 3.63) is 83.7 Å². The second kappa shape index (κ2) is 9.04. The van der Waals surface area contributed by atoms with Gasteiger partial charge in [-0.3, -0.25) is 4.98 Å². The molecule has 2 aromatic carbocycles. The van der Waals surface area contributed by atoms with Gasteiger partial charge < -0.3 is 14.1 Å². The van der Waals surface area contributed by atoms with E-state index in [0.29, 0.717) is 17.9 Å². The van der Waals surface area contributed by atoms with Crippen molar-refractivity contribution in [2.75, 3.05) is 20.7 Å². The molecule has 0 fully saturated rings. The van der Waals surface area contributed by atoms with Gasteiger partial charge in [0.25, 0.3) is 0 Å². The molecule has 7 heteroatoms. The molecule has 0 atom stereocenters. The summed E-state index contributed by atoms with van der Waals surface area (Å²) in [6.45, 7) is 1.39. The van der Waals surface area contributed by atoms with Gasteiger partial charge in [0.1, 0.15) is 5.76 Å². The number of methoxy groups -OCH3 is 1. The molecular weight excluding hydrogens is 417 g/mol. The number of benzene rings is 2. The van der Waals surface area contributed by atoms with Crippen LogP contribution in [0.3, 0.4) is 0 Å². The predicted molar refractivity (Wildman–Crippen MR) is 117 cm³/mol. The summed E-state index contributed by atoms with van der Waals surface area (Å²) in [4.78, 5) is 6.49. The Bertz CT molecular complexity index is 1200. The summed E-state index contributed by atoms with van der Waals surface area (Å²) in [5.41, 5.74) is 1.67. The van der Waals surface area contributed by atoms with Gasteiger partial charge in [-0.25, -0.2) is 0 Å². The van der Waals surface area contributed by atoms with Gasteiger partial charge in [-0.2, -0.15) is 13.2 Å². The zero-order valence-electron chi connectivity index (χ0n) is 17.8. The molecular formula is C25H23F3N2O2. The predicted octanol–water partition coefficient (Wildman–Crippen LogP) is 6.20. The molecule has 4 aromatic rings. The van der Waals surface area contributed by atoms with Crippen LogP contribution in [0, 0.1) is 0 Å². The number of halogens is 3. The molecule has 0 bridgehead atoms. The average molecular weight is 440 g/mol. The second-order valence-electron chi connectivity index (χ2n) is 7.63. The van der Waals surface area contributed by atoms with E-state index in [2.05, 4.69) is 9.88 Å². The molecule has 0 aliphatic heterocycles.